The maximum atomic E-state index is 11.2. The molecule has 0 aromatic heterocycles. The number of hydrogen-bond donors (Lipinski definition) is 2. The molecule has 0 aliphatic carbocycles. The molecule has 22 heavy (non-hydrogen) atoms. The minimum absolute atomic E-state index is 0.497. The van der Waals surface area contributed by atoms with E-state index in [0.717, 1.165) is 32.4 Å². The van der Waals surface area contributed by atoms with Gasteiger partial charge in [-0.1, -0.05) is 6.92 Å². The number of nitrogens with one attached hydrogen (secondary N) is 1. The third-order valence-corrected chi connectivity index (χ3v) is 4.79. The van der Waals surface area contributed by atoms with Crippen molar-refractivity contribution in [2.24, 2.45) is 0 Å². The second kappa shape index (κ2) is 10.5. The van der Waals surface area contributed by atoms with Gasteiger partial charge in [-0.15, -0.1) is 0 Å². The zero-order chi connectivity index (χ0) is 16.5. The quantitative estimate of drug-likeness (QED) is 0.552. The van der Waals surface area contributed by atoms with Gasteiger partial charge in [0.25, 0.3) is 0 Å². The minimum Gasteiger partial charge on any atom is -0.491 e. The molecule has 1 unspecified atom stereocenters. The number of benzene rings is 1. The van der Waals surface area contributed by atoms with E-state index in [0.29, 0.717) is 19.6 Å². The van der Waals surface area contributed by atoms with Crippen molar-refractivity contribution in [3.05, 3.63) is 26.6 Å². The zero-order valence-corrected chi connectivity index (χ0v) is 16.7. The summed E-state index contributed by atoms with van der Waals surface area (Å²) in [5.74, 6) is 0.791. The molecule has 0 radical (unpaired) electrons. The first-order valence-electron chi connectivity index (χ1n) is 7.05. The van der Waals surface area contributed by atoms with Gasteiger partial charge in [-0.2, -0.15) is 11.8 Å². The Labute approximate surface area is 152 Å². The number of hydrogen-bond acceptors (Lipinski definition) is 4. The number of ether oxygens (including phenoxy) is 1. The highest BCUT2D eigenvalue weighted by atomic mass is 79.9. The van der Waals surface area contributed by atoms with Gasteiger partial charge < -0.3 is 15.2 Å². The Bertz CT molecular complexity index is 477. The highest BCUT2D eigenvalue weighted by Gasteiger charge is 2.16. The first-order valence-corrected chi connectivity index (χ1v) is 10.0. The van der Waals surface area contributed by atoms with Gasteiger partial charge in [0, 0.05) is 6.54 Å². The molecule has 0 aliphatic rings. The fraction of sp³-hybridized carbons (Fsp3) is 0.533. The van der Waals surface area contributed by atoms with Crippen LogP contribution in [0.4, 0.5) is 0 Å². The molecule has 0 bridgehead atoms. The van der Waals surface area contributed by atoms with Crippen LogP contribution in [-0.4, -0.2) is 35.7 Å². The van der Waals surface area contributed by atoms with Gasteiger partial charge >= 0.3 is 5.97 Å². The molecule has 1 rings (SSSR count). The Morgan fingerprint density at radius 3 is 2.55 bits per heavy atom. The molecular weight excluding hydrogens is 434 g/mol. The third-order valence-electron chi connectivity index (χ3n) is 2.97. The van der Waals surface area contributed by atoms with E-state index in [-0.39, 0.29) is 0 Å². The highest BCUT2D eigenvalue weighted by Crippen LogP contribution is 2.34. The summed E-state index contributed by atoms with van der Waals surface area (Å²) in [4.78, 5) is 11.2. The Balaban J connectivity index is 2.71. The van der Waals surface area contributed by atoms with E-state index in [2.05, 4.69) is 44.1 Å². The summed E-state index contributed by atoms with van der Waals surface area (Å²) in [6.07, 6.45) is 3.52. The van der Waals surface area contributed by atoms with E-state index in [1.807, 2.05) is 18.4 Å². The lowest BCUT2D eigenvalue weighted by atomic mass is 10.2. The average Bonchev–Trinajstić information content (AvgIpc) is 2.46. The molecular formula is C15H21Br2NO3S. The molecule has 1 atom stereocenters. The summed E-state index contributed by atoms with van der Waals surface area (Å²) in [6.45, 7) is 3.21. The first-order chi connectivity index (χ1) is 10.5. The molecule has 0 saturated heterocycles. The van der Waals surface area contributed by atoms with Crippen molar-refractivity contribution in [1.82, 2.24) is 5.32 Å². The number of carboxylic acid groups (broad SMARTS) is 1. The maximum absolute atomic E-state index is 11.2. The van der Waals surface area contributed by atoms with Crippen molar-refractivity contribution in [3.63, 3.8) is 0 Å². The van der Waals surface area contributed by atoms with Crippen molar-refractivity contribution >= 4 is 49.6 Å². The van der Waals surface area contributed by atoms with Gasteiger partial charge in [-0.25, -0.2) is 0 Å². The molecule has 0 aliphatic heterocycles. The van der Waals surface area contributed by atoms with Gasteiger partial charge in [0.15, 0.2) is 0 Å². The molecule has 0 saturated carbocycles. The smallest absolute Gasteiger partial charge is 0.320 e. The number of aliphatic carboxylic acids is 1. The van der Waals surface area contributed by atoms with Crippen molar-refractivity contribution in [2.75, 3.05) is 18.6 Å². The van der Waals surface area contributed by atoms with E-state index in [4.69, 9.17) is 4.74 Å². The molecule has 0 fully saturated rings. The second-order valence-electron chi connectivity index (χ2n) is 4.79. The summed E-state index contributed by atoms with van der Waals surface area (Å²) in [5.41, 5.74) is 0.998. The zero-order valence-electron chi connectivity index (χ0n) is 12.7. The van der Waals surface area contributed by atoms with E-state index in [1.54, 1.807) is 11.8 Å². The Morgan fingerprint density at radius 1 is 1.41 bits per heavy atom. The van der Waals surface area contributed by atoms with Gasteiger partial charge in [0.05, 0.1) is 15.6 Å². The van der Waals surface area contributed by atoms with Crippen LogP contribution in [0, 0.1) is 0 Å². The van der Waals surface area contributed by atoms with Crippen LogP contribution >= 0.6 is 43.6 Å². The minimum atomic E-state index is -0.810. The van der Waals surface area contributed by atoms with Crippen molar-refractivity contribution in [3.8, 4) is 5.75 Å². The van der Waals surface area contributed by atoms with Gasteiger partial charge in [0.1, 0.15) is 11.8 Å². The molecule has 2 N–H and O–H groups in total. The van der Waals surface area contributed by atoms with E-state index < -0.39 is 12.0 Å². The fourth-order valence-electron chi connectivity index (χ4n) is 1.85. The topological polar surface area (TPSA) is 58.6 Å². The average molecular weight is 455 g/mol. The van der Waals surface area contributed by atoms with E-state index >= 15 is 0 Å². The summed E-state index contributed by atoms with van der Waals surface area (Å²) >= 11 is 8.66. The number of thioether (sulfide) groups is 1. The summed E-state index contributed by atoms with van der Waals surface area (Å²) in [6, 6.07) is 3.38. The number of halogens is 2. The maximum Gasteiger partial charge on any atom is 0.320 e. The summed E-state index contributed by atoms with van der Waals surface area (Å²) < 4.78 is 7.41. The Morgan fingerprint density at radius 2 is 2.05 bits per heavy atom. The molecule has 0 spiro atoms. The molecule has 1 aromatic rings. The molecule has 1 aromatic carbocycles. The fourth-order valence-corrected chi connectivity index (χ4v) is 3.83. The molecule has 124 valence electrons. The second-order valence-corrected chi connectivity index (χ2v) is 7.48. The van der Waals surface area contributed by atoms with Crippen LogP contribution in [0.15, 0.2) is 21.1 Å². The monoisotopic (exact) mass is 453 g/mol. The van der Waals surface area contributed by atoms with E-state index in [9.17, 15) is 9.90 Å². The van der Waals surface area contributed by atoms with Crippen LogP contribution in [0.1, 0.15) is 25.3 Å². The standard InChI is InChI=1S/C15H21Br2NO3S/c1-3-5-21-14-11(16)7-10(8-12(14)17)9-18-13(15(19)20)4-6-22-2/h7-8,13,18H,3-6,9H2,1-2H3,(H,19,20). The number of rotatable bonds is 10. The van der Waals surface area contributed by atoms with Crippen LogP contribution in [0.25, 0.3) is 0 Å². The highest BCUT2D eigenvalue weighted by molar-refractivity contribution is 9.11. The lowest BCUT2D eigenvalue weighted by molar-refractivity contribution is -0.139. The predicted octanol–water partition coefficient (Wildman–Crippen LogP) is 4.30. The van der Waals surface area contributed by atoms with Gasteiger partial charge in [-0.3, -0.25) is 4.79 Å². The number of carboxylic acids is 1. The predicted molar refractivity (Wildman–Crippen MR) is 98.9 cm³/mol. The lowest BCUT2D eigenvalue weighted by Crippen LogP contribution is -2.36. The molecule has 7 heteroatoms. The van der Waals surface area contributed by atoms with Crippen molar-refractivity contribution in [1.29, 1.82) is 0 Å². The van der Waals surface area contributed by atoms with Crippen molar-refractivity contribution in [2.45, 2.75) is 32.4 Å². The SMILES string of the molecule is CCCOc1c(Br)cc(CNC(CCSC)C(=O)O)cc1Br. The third kappa shape index (κ3) is 6.48. The van der Waals surface area contributed by atoms with E-state index in [1.165, 1.54) is 0 Å². The molecule has 0 heterocycles. The van der Waals surface area contributed by atoms with Gasteiger partial charge in [0.2, 0.25) is 0 Å². The van der Waals surface area contributed by atoms with Crippen LogP contribution in [0.2, 0.25) is 0 Å². The van der Waals surface area contributed by atoms with Crippen LogP contribution < -0.4 is 10.1 Å². The largest absolute Gasteiger partial charge is 0.491 e. The lowest BCUT2D eigenvalue weighted by Gasteiger charge is -2.15. The van der Waals surface area contributed by atoms with Crippen LogP contribution in [0.3, 0.4) is 0 Å². The number of carbonyl (C=O) groups is 1. The Hall–Kier alpha value is -0.240. The summed E-state index contributed by atoms with van der Waals surface area (Å²) in [7, 11) is 0. The molecule has 0 amide bonds. The Kier molecular flexibility index (Phi) is 9.47. The normalized spacial score (nSPS) is 12.2. The molecule has 4 nitrogen and oxygen atoms in total. The first kappa shape index (κ1) is 19.8. The van der Waals surface area contributed by atoms with Crippen molar-refractivity contribution < 1.29 is 14.6 Å². The van der Waals surface area contributed by atoms with Crippen LogP contribution in [-0.2, 0) is 11.3 Å². The summed E-state index contributed by atoms with van der Waals surface area (Å²) in [5, 5.41) is 12.3. The van der Waals surface area contributed by atoms with Crippen LogP contribution in [0.5, 0.6) is 5.75 Å². The van der Waals surface area contributed by atoms with Gasteiger partial charge in [-0.05, 0) is 74.4 Å².